The van der Waals surface area contributed by atoms with Gasteiger partial charge in [-0.2, -0.15) is 10.1 Å². The highest BCUT2D eigenvalue weighted by atomic mass is 16.5. The van der Waals surface area contributed by atoms with Crippen LogP contribution in [0.5, 0.6) is 0 Å². The standard InChI is InChI=1S/C17H18N6O4/c1-17(2,3)11(15-21-13(23-27-15)12-18-8-19-22-12)20-14(24)9-4-6-10(7-5-9)16(25)26/h4-8,11H,1-3H3,(H,20,24)(H,25,26)(H,18,19,22). The number of aromatic carboxylic acids is 1. The molecular weight excluding hydrogens is 352 g/mol. The molecular formula is C17H18N6O4. The number of H-pyrrole nitrogens is 1. The second-order valence-corrected chi connectivity index (χ2v) is 6.95. The van der Waals surface area contributed by atoms with Crippen LogP contribution in [0, 0.1) is 5.41 Å². The number of rotatable bonds is 5. The number of aromatic nitrogens is 5. The van der Waals surface area contributed by atoms with E-state index in [0.717, 1.165) is 0 Å². The fourth-order valence-corrected chi connectivity index (χ4v) is 2.39. The van der Waals surface area contributed by atoms with E-state index < -0.39 is 17.4 Å². The largest absolute Gasteiger partial charge is 0.478 e. The van der Waals surface area contributed by atoms with Gasteiger partial charge in [0.05, 0.1) is 5.56 Å². The number of hydrogen-bond donors (Lipinski definition) is 3. The van der Waals surface area contributed by atoms with E-state index in [1.165, 1.54) is 30.6 Å². The third-order valence-electron chi connectivity index (χ3n) is 3.85. The summed E-state index contributed by atoms with van der Waals surface area (Å²) < 4.78 is 5.32. The Kier molecular flexibility index (Phi) is 4.72. The lowest BCUT2D eigenvalue weighted by Crippen LogP contribution is -2.36. The molecule has 2 heterocycles. The lowest BCUT2D eigenvalue weighted by molar-refractivity contribution is 0.0696. The Morgan fingerprint density at radius 2 is 1.85 bits per heavy atom. The summed E-state index contributed by atoms with van der Waals surface area (Å²) >= 11 is 0. The van der Waals surface area contributed by atoms with Gasteiger partial charge in [0.1, 0.15) is 12.4 Å². The molecule has 0 spiro atoms. The molecule has 2 aromatic heterocycles. The zero-order valence-electron chi connectivity index (χ0n) is 14.9. The number of carboxylic acid groups (broad SMARTS) is 1. The predicted molar refractivity (Wildman–Crippen MR) is 92.7 cm³/mol. The highest BCUT2D eigenvalue weighted by Gasteiger charge is 2.33. The summed E-state index contributed by atoms with van der Waals surface area (Å²) in [7, 11) is 0. The molecule has 3 rings (SSSR count). The van der Waals surface area contributed by atoms with Crippen LogP contribution in [0.3, 0.4) is 0 Å². The number of amides is 1. The molecule has 0 aliphatic carbocycles. The predicted octanol–water partition coefficient (Wildman–Crippen LogP) is 2.07. The summed E-state index contributed by atoms with van der Waals surface area (Å²) in [6.07, 6.45) is 1.33. The SMILES string of the molecule is CC(C)(C)C(NC(=O)c1ccc(C(=O)O)cc1)c1nc(-c2ncn[nH]2)no1. The van der Waals surface area contributed by atoms with E-state index in [9.17, 15) is 9.59 Å². The molecule has 10 nitrogen and oxygen atoms in total. The maximum absolute atomic E-state index is 12.6. The number of nitrogens with zero attached hydrogens (tertiary/aromatic N) is 4. The fraction of sp³-hybridized carbons (Fsp3) is 0.294. The van der Waals surface area contributed by atoms with Crippen LogP contribution in [0.25, 0.3) is 11.6 Å². The molecule has 0 saturated carbocycles. The van der Waals surface area contributed by atoms with Crippen LogP contribution in [-0.4, -0.2) is 42.3 Å². The van der Waals surface area contributed by atoms with Gasteiger partial charge in [-0.1, -0.05) is 25.9 Å². The van der Waals surface area contributed by atoms with Gasteiger partial charge in [0, 0.05) is 5.56 Å². The molecule has 1 amide bonds. The van der Waals surface area contributed by atoms with Gasteiger partial charge in [0.15, 0.2) is 5.82 Å². The molecule has 0 aliphatic heterocycles. The van der Waals surface area contributed by atoms with Crippen LogP contribution in [0.15, 0.2) is 35.1 Å². The normalized spacial score (nSPS) is 12.6. The fourth-order valence-electron chi connectivity index (χ4n) is 2.39. The first-order valence-corrected chi connectivity index (χ1v) is 8.09. The average molecular weight is 370 g/mol. The van der Waals surface area contributed by atoms with Crippen molar-refractivity contribution in [1.29, 1.82) is 0 Å². The van der Waals surface area contributed by atoms with E-state index in [0.29, 0.717) is 11.4 Å². The smallest absolute Gasteiger partial charge is 0.335 e. The molecule has 0 fully saturated rings. The summed E-state index contributed by atoms with van der Waals surface area (Å²) in [5.41, 5.74) is -0.00115. The number of nitrogens with one attached hydrogen (secondary N) is 2. The Bertz CT molecular complexity index is 941. The molecule has 3 aromatic rings. The topological polar surface area (TPSA) is 147 Å². The van der Waals surface area contributed by atoms with E-state index >= 15 is 0 Å². The summed E-state index contributed by atoms with van der Waals surface area (Å²) in [6.45, 7) is 5.76. The molecule has 1 aromatic carbocycles. The second-order valence-electron chi connectivity index (χ2n) is 6.95. The summed E-state index contributed by atoms with van der Waals surface area (Å²) in [6, 6.07) is 5.07. The third-order valence-corrected chi connectivity index (χ3v) is 3.85. The highest BCUT2D eigenvalue weighted by molar-refractivity contribution is 5.96. The lowest BCUT2D eigenvalue weighted by Gasteiger charge is -2.28. The van der Waals surface area contributed by atoms with Crippen LogP contribution in [-0.2, 0) is 0 Å². The van der Waals surface area contributed by atoms with Crippen molar-refractivity contribution in [3.8, 4) is 11.6 Å². The molecule has 0 saturated heterocycles. The van der Waals surface area contributed by atoms with Crippen LogP contribution >= 0.6 is 0 Å². The summed E-state index contributed by atoms with van der Waals surface area (Å²) in [5.74, 6) is -0.624. The molecule has 0 radical (unpaired) electrons. The Balaban J connectivity index is 1.83. The quantitative estimate of drug-likeness (QED) is 0.618. The first-order chi connectivity index (χ1) is 12.8. The molecule has 0 bridgehead atoms. The zero-order chi connectivity index (χ0) is 19.6. The molecule has 140 valence electrons. The number of hydrogen-bond acceptors (Lipinski definition) is 7. The van der Waals surface area contributed by atoms with E-state index in [4.69, 9.17) is 9.63 Å². The van der Waals surface area contributed by atoms with Gasteiger partial charge in [-0.15, -0.1) is 0 Å². The number of benzene rings is 1. The van der Waals surface area contributed by atoms with Gasteiger partial charge in [0.2, 0.25) is 11.7 Å². The molecule has 1 unspecified atom stereocenters. The first kappa shape index (κ1) is 18.2. The van der Waals surface area contributed by atoms with Gasteiger partial charge < -0.3 is 14.9 Å². The lowest BCUT2D eigenvalue weighted by atomic mass is 9.86. The molecule has 3 N–H and O–H groups in total. The van der Waals surface area contributed by atoms with Gasteiger partial charge in [0.25, 0.3) is 5.91 Å². The van der Waals surface area contributed by atoms with E-state index in [-0.39, 0.29) is 23.2 Å². The van der Waals surface area contributed by atoms with Crippen molar-refractivity contribution in [2.45, 2.75) is 26.8 Å². The minimum atomic E-state index is -1.06. The molecule has 0 aliphatic rings. The van der Waals surface area contributed by atoms with Crippen LogP contribution < -0.4 is 5.32 Å². The number of carboxylic acids is 1. The molecule has 10 heteroatoms. The number of carbonyl (C=O) groups is 2. The van der Waals surface area contributed by atoms with E-state index in [1.54, 1.807) is 0 Å². The summed E-state index contributed by atoms with van der Waals surface area (Å²) in [4.78, 5) is 31.8. The van der Waals surface area contributed by atoms with Crippen LogP contribution in [0.2, 0.25) is 0 Å². The van der Waals surface area contributed by atoms with Crippen molar-refractivity contribution >= 4 is 11.9 Å². The monoisotopic (exact) mass is 370 g/mol. The van der Waals surface area contributed by atoms with E-state index in [1.807, 2.05) is 20.8 Å². The molecule has 27 heavy (non-hydrogen) atoms. The Labute approximate surface area is 154 Å². The second kappa shape index (κ2) is 6.98. The first-order valence-electron chi connectivity index (χ1n) is 8.09. The van der Waals surface area contributed by atoms with Crippen molar-refractivity contribution in [3.63, 3.8) is 0 Å². The Morgan fingerprint density at radius 1 is 1.19 bits per heavy atom. The third kappa shape index (κ3) is 4.00. The van der Waals surface area contributed by atoms with Crippen molar-refractivity contribution in [2.24, 2.45) is 5.41 Å². The van der Waals surface area contributed by atoms with Gasteiger partial charge in [-0.05, 0) is 29.7 Å². The van der Waals surface area contributed by atoms with Crippen LogP contribution in [0.1, 0.15) is 53.4 Å². The highest BCUT2D eigenvalue weighted by Crippen LogP contribution is 2.32. The number of carbonyl (C=O) groups excluding carboxylic acids is 1. The zero-order valence-corrected chi connectivity index (χ0v) is 14.9. The Hall–Kier alpha value is -3.56. The maximum atomic E-state index is 12.6. The van der Waals surface area contributed by atoms with Crippen molar-refractivity contribution in [2.75, 3.05) is 0 Å². The van der Waals surface area contributed by atoms with Crippen LogP contribution in [0.4, 0.5) is 0 Å². The van der Waals surface area contributed by atoms with E-state index in [2.05, 4.69) is 30.6 Å². The van der Waals surface area contributed by atoms with Crippen molar-refractivity contribution in [1.82, 2.24) is 30.6 Å². The average Bonchev–Trinajstić information content (AvgIpc) is 3.29. The maximum Gasteiger partial charge on any atom is 0.335 e. The Morgan fingerprint density at radius 3 is 2.41 bits per heavy atom. The van der Waals surface area contributed by atoms with Gasteiger partial charge in [-0.25, -0.2) is 9.78 Å². The van der Waals surface area contributed by atoms with Crippen molar-refractivity contribution < 1.29 is 19.2 Å². The summed E-state index contributed by atoms with van der Waals surface area (Å²) in [5, 5.41) is 22.1. The minimum Gasteiger partial charge on any atom is -0.478 e. The van der Waals surface area contributed by atoms with Gasteiger partial charge in [-0.3, -0.25) is 9.89 Å². The molecule has 1 atom stereocenters. The minimum absolute atomic E-state index is 0.104. The van der Waals surface area contributed by atoms with Crippen molar-refractivity contribution in [3.05, 3.63) is 47.6 Å². The van der Waals surface area contributed by atoms with Gasteiger partial charge >= 0.3 is 5.97 Å². The number of aromatic amines is 1.